The lowest BCUT2D eigenvalue weighted by atomic mass is 9.92. The van der Waals surface area contributed by atoms with Crippen LogP contribution in [0.5, 0.6) is 0 Å². The minimum absolute atomic E-state index is 0. The van der Waals surface area contributed by atoms with Crippen LogP contribution in [0.1, 0.15) is 107 Å². The monoisotopic (exact) mass is 1330 g/mol. The Labute approximate surface area is 545 Å². The number of aliphatic hydroxyl groups excluding tert-OH is 3. The first kappa shape index (κ1) is 74.2. The highest BCUT2D eigenvalue weighted by Crippen LogP contribution is 2.51. The van der Waals surface area contributed by atoms with Crippen molar-refractivity contribution in [3.8, 4) is 24.3 Å². The fourth-order valence-electron chi connectivity index (χ4n) is 10.5. The van der Waals surface area contributed by atoms with E-state index in [1.807, 2.05) is 6.07 Å². The molecule has 9 N–H and O–H groups in total. The molecule has 0 aliphatic carbocycles. The molecule has 0 radical (unpaired) electrons. The van der Waals surface area contributed by atoms with Gasteiger partial charge < -0.3 is 79.9 Å². The number of fused-ring (bicyclic) bond motifs is 5. The Bertz CT molecular complexity index is 3870. The van der Waals surface area contributed by atoms with Crippen LogP contribution >= 0.6 is 12.4 Å². The van der Waals surface area contributed by atoms with Gasteiger partial charge in [0.25, 0.3) is 0 Å². The van der Waals surface area contributed by atoms with E-state index >= 15 is 0 Å². The van der Waals surface area contributed by atoms with Gasteiger partial charge in [-0.1, -0.05) is 55.4 Å². The maximum absolute atomic E-state index is 11.9. The van der Waals surface area contributed by atoms with Crippen molar-refractivity contribution in [3.05, 3.63) is 72.5 Å². The van der Waals surface area contributed by atoms with Gasteiger partial charge in [0.15, 0.2) is 29.0 Å². The lowest BCUT2D eigenvalue weighted by molar-refractivity contribution is -0.207. The van der Waals surface area contributed by atoms with E-state index < -0.39 is 101 Å². The predicted molar refractivity (Wildman–Crippen MR) is 326 cm³/mol. The van der Waals surface area contributed by atoms with Crippen molar-refractivity contribution in [2.24, 2.45) is 23.7 Å². The maximum Gasteiger partial charge on any atom is 0.316 e. The van der Waals surface area contributed by atoms with Crippen molar-refractivity contribution < 1.29 is 81.9 Å². The third-order valence-corrected chi connectivity index (χ3v) is 15.1. The molecular formula is C60H77ClN16O17. The molecule has 0 saturated carbocycles. The number of hydrogen-bond donors (Lipinski definition) is 6. The molecule has 0 spiro atoms. The van der Waals surface area contributed by atoms with Crippen LogP contribution in [0.3, 0.4) is 0 Å². The standard InChI is InChI=1S/C19H23N5O5.C16H19N5O5.C15H17N5O4.C8H14O3.C2H3N.ClH/c1-10(2)17(25)26-7-12-14-15(29-18(3,4)28-14)19(8-20,27-12)13-6-5-11-16(21)22-9-23-24(11)13;1-8(2)15(24)25-5-10-12(22)13(23)16(6-17,26-10)11-4-3-9-14(18)19-7-20-21(9)11;1-14(2)23-11-9(5-21)22-15(6-16,12(11)24-14)10-4-3-8-13(17)18-7-19-20(8)10;1-5(2)7(9)11-8(10)6(3)4;1-2-3;/h5-6,9-10,12,14-15H,7H2,1-4H3,(H2,21,22,23);3-4,7-8,10,12-13,22-23H,5H2,1-2H3,(H2,18,19,20);3-4,7,9,11-12,21H,5H2,1-2H3,(H2,17,18,19);5-6H,1-4H3;1H3;1H/t12-,14-,15-,19+;10-,12-,13-,16+;9-,11-,12-,15+;;;/m111.../s1. The molecular weight excluding hydrogens is 1250 g/mol. The Hall–Kier alpha value is -8.81. The van der Waals surface area contributed by atoms with Gasteiger partial charge in [-0.25, -0.2) is 28.5 Å². The molecule has 5 aliphatic heterocycles. The van der Waals surface area contributed by atoms with Gasteiger partial charge >= 0.3 is 23.9 Å². The number of nitriles is 4. The summed E-state index contributed by atoms with van der Waals surface area (Å²) in [6, 6.07) is 18.1. The number of ether oxygens (including phenoxy) is 10. The van der Waals surface area contributed by atoms with Crippen LogP contribution in [0, 0.1) is 69.0 Å². The summed E-state index contributed by atoms with van der Waals surface area (Å²) in [5, 5.41) is 80.2. The summed E-state index contributed by atoms with van der Waals surface area (Å²) in [7, 11) is 0. The van der Waals surface area contributed by atoms with Crippen LogP contribution in [0.2, 0.25) is 0 Å². The summed E-state index contributed by atoms with van der Waals surface area (Å²) in [5.74, 6) is -3.89. The van der Waals surface area contributed by atoms with Crippen molar-refractivity contribution >= 4 is 70.3 Å². The van der Waals surface area contributed by atoms with Crippen molar-refractivity contribution in [1.82, 2.24) is 43.8 Å². The Morgan fingerprint density at radius 1 is 0.532 bits per heavy atom. The third-order valence-electron chi connectivity index (χ3n) is 15.1. The van der Waals surface area contributed by atoms with E-state index in [4.69, 9.17) is 65.1 Å². The van der Waals surface area contributed by atoms with Crippen LogP contribution in [0.4, 0.5) is 17.5 Å². The van der Waals surface area contributed by atoms with Crippen molar-refractivity contribution in [3.63, 3.8) is 0 Å². The van der Waals surface area contributed by atoms with Crippen molar-refractivity contribution in [1.29, 1.82) is 21.0 Å². The van der Waals surface area contributed by atoms with E-state index in [0.29, 0.717) is 33.8 Å². The van der Waals surface area contributed by atoms with Gasteiger partial charge in [-0.05, 0) is 64.1 Å². The largest absolute Gasteiger partial charge is 0.463 e. The highest BCUT2D eigenvalue weighted by atomic mass is 35.5. The Morgan fingerprint density at radius 2 is 0.851 bits per heavy atom. The zero-order chi connectivity index (χ0) is 68.9. The van der Waals surface area contributed by atoms with Crippen LogP contribution in [-0.4, -0.2) is 169 Å². The summed E-state index contributed by atoms with van der Waals surface area (Å²) in [4.78, 5) is 57.0. The molecule has 0 amide bonds. The Balaban J connectivity index is 0.000000203. The summed E-state index contributed by atoms with van der Waals surface area (Å²) < 4.78 is 60.9. The molecule has 0 unspecified atom stereocenters. The molecule has 5 aliphatic rings. The second-order valence-corrected chi connectivity index (χ2v) is 24.0. The Morgan fingerprint density at radius 3 is 1.19 bits per heavy atom. The molecule has 5 saturated heterocycles. The lowest BCUT2D eigenvalue weighted by Crippen LogP contribution is -2.41. The molecule has 0 bridgehead atoms. The molecule has 5 fully saturated rings. The first-order valence-electron chi connectivity index (χ1n) is 29.4. The van der Waals surface area contributed by atoms with Gasteiger partial charge in [-0.15, -0.1) is 12.4 Å². The van der Waals surface area contributed by atoms with Crippen LogP contribution < -0.4 is 17.2 Å². The first-order chi connectivity index (χ1) is 43.8. The molecule has 94 heavy (non-hydrogen) atoms. The quantitative estimate of drug-likeness (QED) is 0.0583. The van der Waals surface area contributed by atoms with E-state index in [2.05, 4.69) is 47.1 Å². The molecule has 12 atom stereocenters. The van der Waals surface area contributed by atoms with Crippen molar-refractivity contribution in [2.45, 2.75) is 173 Å². The highest BCUT2D eigenvalue weighted by molar-refractivity contribution is 5.87. The van der Waals surface area contributed by atoms with Crippen LogP contribution in [-0.2, 0) is 83.3 Å². The number of nitrogens with zero attached hydrogens (tertiary/aromatic N) is 13. The second kappa shape index (κ2) is 29.6. The SMILES string of the molecule is CC#N.CC(C)C(=O)OC(=O)C(C)C.CC(C)C(=O)OC[C@H]1O[C@@](C#N)(c2ccc3c(N)ncnn23)[C@@H]2OC(C)(C)O[C@@H]21.CC(C)C(=O)OC[C@H]1O[C@@](C#N)(c2ccc3c(N)ncnn23)[C@H](O)[C@@H]1O.CC1(C)O[C@H]2[C@@H](O1)[C@](C#N)(c1ccc3c(N)ncnn13)O[C@@H]2CO.Cl. The Kier molecular flexibility index (Phi) is 23.4. The van der Waals surface area contributed by atoms with Crippen LogP contribution in [0.15, 0.2) is 55.4 Å². The number of hydrogen-bond acceptors (Lipinski definition) is 30. The molecule has 6 aromatic rings. The number of halogens is 1. The van der Waals surface area contributed by atoms with Gasteiger partial charge in [0.2, 0.25) is 16.8 Å². The normalized spacial score (nSPS) is 27.3. The summed E-state index contributed by atoms with van der Waals surface area (Å²) in [5.41, 5.74) is 15.3. The minimum atomic E-state index is -1.90. The fraction of sp³-hybridized carbons (Fsp3) is 0.567. The van der Waals surface area contributed by atoms with E-state index in [0.717, 1.165) is 0 Å². The van der Waals surface area contributed by atoms with Gasteiger partial charge in [-0.2, -0.15) is 36.3 Å². The molecule has 34 heteroatoms. The van der Waals surface area contributed by atoms with Gasteiger partial charge in [0, 0.05) is 6.92 Å². The summed E-state index contributed by atoms with van der Waals surface area (Å²) >= 11 is 0. The first-order valence-corrected chi connectivity index (χ1v) is 29.4. The number of aliphatic hydroxyl groups is 3. The number of nitrogens with two attached hydrogens (primary N) is 3. The summed E-state index contributed by atoms with van der Waals surface area (Å²) in [6.07, 6.45) is -4.25. The van der Waals surface area contributed by atoms with Crippen LogP contribution in [0.25, 0.3) is 16.6 Å². The molecule has 11 heterocycles. The van der Waals surface area contributed by atoms with E-state index in [-0.39, 0.29) is 79.2 Å². The molecule has 6 aromatic heterocycles. The van der Waals surface area contributed by atoms with Gasteiger partial charge in [0.1, 0.15) is 122 Å². The molecule has 11 rings (SSSR count). The molecule has 0 aromatic carbocycles. The molecule has 33 nitrogen and oxygen atoms in total. The number of anilines is 3. The number of carbonyl (C=O) groups is 4. The highest BCUT2D eigenvalue weighted by Gasteiger charge is 2.67. The zero-order valence-electron chi connectivity index (χ0n) is 53.8. The predicted octanol–water partition coefficient (Wildman–Crippen LogP) is 2.76. The zero-order valence-corrected chi connectivity index (χ0v) is 54.7. The van der Waals surface area contributed by atoms with Crippen molar-refractivity contribution in [2.75, 3.05) is 37.0 Å². The van der Waals surface area contributed by atoms with Gasteiger partial charge in [0.05, 0.1) is 53.4 Å². The number of carbonyl (C=O) groups excluding carboxylic acids is 4. The average molecular weight is 1330 g/mol. The number of nitrogen functional groups attached to an aromatic ring is 3. The smallest absolute Gasteiger partial charge is 0.316 e. The second-order valence-electron chi connectivity index (χ2n) is 24.0. The third kappa shape index (κ3) is 14.6. The lowest BCUT2D eigenvalue weighted by Gasteiger charge is -2.29. The number of rotatable bonds is 12. The van der Waals surface area contributed by atoms with Gasteiger partial charge in [-0.3, -0.25) is 19.2 Å². The topological polar surface area (TPSA) is 485 Å². The van der Waals surface area contributed by atoms with E-state index in [1.165, 1.54) is 45.5 Å². The van der Waals surface area contributed by atoms with E-state index in [1.54, 1.807) is 119 Å². The van der Waals surface area contributed by atoms with E-state index in [9.17, 15) is 50.3 Å². The minimum Gasteiger partial charge on any atom is -0.463 e. The maximum atomic E-state index is 11.9. The number of aromatic nitrogens is 9. The number of esters is 4. The fourth-order valence-corrected chi connectivity index (χ4v) is 10.5. The summed E-state index contributed by atoms with van der Waals surface area (Å²) in [6.45, 7) is 21.4. The molecule has 506 valence electrons. The average Bonchev–Trinajstić information content (AvgIpc) is 1.57.